The molecular formula is C17H18N4O5S. The van der Waals surface area contributed by atoms with E-state index in [4.69, 9.17) is 4.74 Å². The lowest BCUT2D eigenvalue weighted by Crippen LogP contribution is -2.27. The number of aromatic nitrogens is 3. The number of carbonyl (C=O) groups excluding carboxylic acids is 3. The van der Waals surface area contributed by atoms with Crippen LogP contribution in [0, 0.1) is 0 Å². The number of esters is 2. The summed E-state index contributed by atoms with van der Waals surface area (Å²) in [6.07, 6.45) is 1.74. The number of methoxy groups -OCH3 is 1. The third kappa shape index (κ3) is 4.64. The largest absolute Gasteiger partial charge is 0.466 e. The highest BCUT2D eigenvalue weighted by Crippen LogP contribution is 2.28. The molecule has 2 heterocycles. The van der Waals surface area contributed by atoms with E-state index in [2.05, 4.69) is 15.0 Å². The van der Waals surface area contributed by atoms with E-state index in [0.717, 1.165) is 5.52 Å². The zero-order chi connectivity index (χ0) is 19.2. The van der Waals surface area contributed by atoms with Gasteiger partial charge in [0.25, 0.3) is 0 Å². The highest BCUT2D eigenvalue weighted by atomic mass is 32.2. The maximum atomic E-state index is 12.0. The predicted octanol–water partition coefficient (Wildman–Crippen LogP) is 0.954. The molecule has 2 aromatic rings. The number of benzene rings is 1. The molecule has 0 unspecified atom stereocenters. The van der Waals surface area contributed by atoms with E-state index in [-0.39, 0.29) is 24.8 Å². The lowest BCUT2D eigenvalue weighted by molar-refractivity contribution is -0.144. The molecule has 1 aliphatic rings. The second-order valence-electron chi connectivity index (χ2n) is 5.65. The molecule has 0 spiro atoms. The summed E-state index contributed by atoms with van der Waals surface area (Å²) < 4.78 is 11.3. The minimum Gasteiger partial charge on any atom is -0.466 e. The van der Waals surface area contributed by atoms with E-state index in [0.29, 0.717) is 23.5 Å². The van der Waals surface area contributed by atoms with Crippen molar-refractivity contribution in [2.45, 2.75) is 13.0 Å². The molecule has 9 nitrogen and oxygen atoms in total. The molecule has 1 aromatic heterocycles. The first-order chi connectivity index (χ1) is 13.1. The van der Waals surface area contributed by atoms with Gasteiger partial charge in [0.1, 0.15) is 12.1 Å². The van der Waals surface area contributed by atoms with Gasteiger partial charge in [0.15, 0.2) is 0 Å². The lowest BCUT2D eigenvalue weighted by atomic mass is 10.3. The van der Waals surface area contributed by atoms with Gasteiger partial charge in [0.05, 0.1) is 36.1 Å². The Kier molecular flexibility index (Phi) is 6.07. The van der Waals surface area contributed by atoms with Gasteiger partial charge in [-0.2, -0.15) is 0 Å². The van der Waals surface area contributed by atoms with Gasteiger partial charge in [-0.1, -0.05) is 29.1 Å². The number of nitrogens with zero attached hydrogens (tertiary/aromatic N) is 4. The van der Waals surface area contributed by atoms with Crippen molar-refractivity contribution in [1.82, 2.24) is 19.9 Å². The molecule has 27 heavy (non-hydrogen) atoms. The minimum atomic E-state index is -0.510. The molecular weight excluding hydrogens is 372 g/mol. The molecule has 3 rings (SSSR count). The van der Waals surface area contributed by atoms with Crippen LogP contribution < -0.4 is 0 Å². The normalized spacial score (nSPS) is 15.5. The van der Waals surface area contributed by atoms with E-state index in [1.165, 1.54) is 34.5 Å². The average molecular weight is 390 g/mol. The molecule has 10 heteroatoms. The van der Waals surface area contributed by atoms with Crippen molar-refractivity contribution in [2.24, 2.45) is 0 Å². The number of thioether (sulfide) groups is 1. The van der Waals surface area contributed by atoms with Gasteiger partial charge in [-0.25, -0.2) is 9.48 Å². The van der Waals surface area contributed by atoms with E-state index in [1.807, 2.05) is 24.3 Å². The van der Waals surface area contributed by atoms with Crippen molar-refractivity contribution in [3.05, 3.63) is 35.4 Å². The minimum absolute atomic E-state index is 0.0352. The summed E-state index contributed by atoms with van der Waals surface area (Å²) in [4.78, 5) is 36.8. The molecule has 0 saturated carbocycles. The average Bonchev–Trinajstić information content (AvgIpc) is 3.23. The van der Waals surface area contributed by atoms with Crippen molar-refractivity contribution in [3.8, 4) is 0 Å². The summed E-state index contributed by atoms with van der Waals surface area (Å²) in [5.74, 6) is -0.750. The summed E-state index contributed by atoms with van der Waals surface area (Å²) >= 11 is 1.28. The zero-order valence-corrected chi connectivity index (χ0v) is 15.5. The zero-order valence-electron chi connectivity index (χ0n) is 14.7. The number of rotatable bonds is 7. The molecule has 1 aliphatic heterocycles. The molecule has 1 aromatic carbocycles. The summed E-state index contributed by atoms with van der Waals surface area (Å²) in [6.45, 7) is 0.478. The van der Waals surface area contributed by atoms with Crippen molar-refractivity contribution in [2.75, 3.05) is 26.0 Å². The Labute approximate surface area is 159 Å². The van der Waals surface area contributed by atoms with Crippen LogP contribution in [0.25, 0.3) is 11.0 Å². The number of ether oxygens (including phenoxy) is 2. The summed E-state index contributed by atoms with van der Waals surface area (Å²) in [7, 11) is 1.28. The van der Waals surface area contributed by atoms with Crippen LogP contribution in [0.3, 0.4) is 0 Å². The maximum Gasteiger partial charge on any atom is 0.333 e. The number of hydrogen-bond donors (Lipinski definition) is 0. The fourth-order valence-electron chi connectivity index (χ4n) is 2.54. The monoisotopic (exact) mass is 390 g/mol. The molecule has 0 bridgehead atoms. The first-order valence-corrected chi connectivity index (χ1v) is 9.23. The fraction of sp³-hybridized carbons (Fsp3) is 0.353. The summed E-state index contributed by atoms with van der Waals surface area (Å²) in [5.41, 5.74) is 1.46. The Morgan fingerprint density at radius 3 is 2.96 bits per heavy atom. The van der Waals surface area contributed by atoms with Gasteiger partial charge >= 0.3 is 11.9 Å². The van der Waals surface area contributed by atoms with Crippen molar-refractivity contribution in [1.29, 1.82) is 0 Å². The van der Waals surface area contributed by atoms with Gasteiger partial charge in [-0.15, -0.1) is 5.10 Å². The Morgan fingerprint density at radius 1 is 1.33 bits per heavy atom. The molecule has 0 N–H and O–H groups in total. The van der Waals surface area contributed by atoms with Gasteiger partial charge in [0.2, 0.25) is 5.91 Å². The SMILES string of the molecule is COC(=O)/C=C1/SCC(=O)N1CCCOC(=O)Cn1nnc2ccccc21. The molecule has 1 amide bonds. The van der Waals surface area contributed by atoms with E-state index in [9.17, 15) is 14.4 Å². The molecule has 0 radical (unpaired) electrons. The number of hydrogen-bond acceptors (Lipinski definition) is 8. The Balaban J connectivity index is 1.46. The third-order valence-electron chi connectivity index (χ3n) is 3.84. The van der Waals surface area contributed by atoms with Crippen LogP contribution in [-0.4, -0.2) is 63.8 Å². The number of carbonyl (C=O) groups is 3. The molecule has 1 fully saturated rings. The first kappa shape index (κ1) is 18.9. The quantitative estimate of drug-likeness (QED) is 0.391. The molecule has 0 aliphatic carbocycles. The lowest BCUT2D eigenvalue weighted by Gasteiger charge is -2.16. The Morgan fingerprint density at radius 2 is 2.15 bits per heavy atom. The van der Waals surface area contributed by atoms with Gasteiger partial charge in [0, 0.05) is 6.54 Å². The predicted molar refractivity (Wildman–Crippen MR) is 97.4 cm³/mol. The van der Waals surface area contributed by atoms with E-state index in [1.54, 1.807) is 0 Å². The Hall–Kier alpha value is -2.88. The molecule has 1 saturated heterocycles. The van der Waals surface area contributed by atoms with Crippen LogP contribution in [0.4, 0.5) is 0 Å². The van der Waals surface area contributed by atoms with E-state index < -0.39 is 11.9 Å². The standard InChI is InChI=1S/C17H18N4O5S/c1-25-16(23)9-15-20(14(22)11-27-15)7-4-8-26-17(24)10-21-13-6-3-2-5-12(13)18-19-21/h2-3,5-6,9H,4,7-8,10-11H2,1H3/b15-9+. The second kappa shape index (κ2) is 8.67. The molecule has 0 atom stereocenters. The molecule has 142 valence electrons. The highest BCUT2D eigenvalue weighted by molar-refractivity contribution is 8.04. The topological polar surface area (TPSA) is 104 Å². The van der Waals surface area contributed by atoms with Crippen LogP contribution >= 0.6 is 11.8 Å². The Bertz CT molecular complexity index is 894. The van der Waals surface area contributed by atoms with Crippen LogP contribution in [-0.2, 0) is 30.4 Å². The van der Waals surface area contributed by atoms with Crippen LogP contribution in [0.5, 0.6) is 0 Å². The maximum absolute atomic E-state index is 12.0. The second-order valence-corrected chi connectivity index (χ2v) is 6.65. The van der Waals surface area contributed by atoms with Gasteiger partial charge in [-0.3, -0.25) is 9.59 Å². The highest BCUT2D eigenvalue weighted by Gasteiger charge is 2.27. The summed E-state index contributed by atoms with van der Waals surface area (Å²) in [5, 5.41) is 8.47. The summed E-state index contributed by atoms with van der Waals surface area (Å²) in [6, 6.07) is 7.33. The van der Waals surface area contributed by atoms with Crippen molar-refractivity contribution >= 4 is 40.6 Å². The third-order valence-corrected chi connectivity index (χ3v) is 4.87. The smallest absolute Gasteiger partial charge is 0.333 e. The van der Waals surface area contributed by atoms with Crippen molar-refractivity contribution < 1.29 is 23.9 Å². The number of fused-ring (bicyclic) bond motifs is 1. The van der Waals surface area contributed by atoms with Gasteiger partial charge in [-0.05, 0) is 18.6 Å². The van der Waals surface area contributed by atoms with Crippen LogP contribution in [0.1, 0.15) is 6.42 Å². The van der Waals surface area contributed by atoms with Crippen LogP contribution in [0.15, 0.2) is 35.4 Å². The number of amides is 1. The van der Waals surface area contributed by atoms with E-state index >= 15 is 0 Å². The van der Waals surface area contributed by atoms with Gasteiger partial charge < -0.3 is 14.4 Å². The van der Waals surface area contributed by atoms with Crippen LogP contribution in [0.2, 0.25) is 0 Å². The fourth-order valence-corrected chi connectivity index (χ4v) is 3.50. The van der Waals surface area contributed by atoms with Crippen molar-refractivity contribution in [3.63, 3.8) is 0 Å². The first-order valence-electron chi connectivity index (χ1n) is 8.25. The number of para-hydroxylation sites is 1.